The first-order valence-electron chi connectivity index (χ1n) is 11.4. The van der Waals surface area contributed by atoms with E-state index in [9.17, 15) is 9.35 Å². The van der Waals surface area contributed by atoms with Gasteiger partial charge < -0.3 is 15.0 Å². The van der Waals surface area contributed by atoms with Crippen molar-refractivity contribution >= 4 is 28.2 Å². The van der Waals surface area contributed by atoms with Crippen molar-refractivity contribution < 1.29 is 14.1 Å². The van der Waals surface area contributed by atoms with E-state index in [1.807, 2.05) is 52.5 Å². The van der Waals surface area contributed by atoms with Crippen LogP contribution in [-0.2, 0) is 31.9 Å². The monoisotopic (exact) mass is 450 g/mol. The zero-order chi connectivity index (χ0) is 22.3. The van der Waals surface area contributed by atoms with E-state index in [1.165, 1.54) is 12.8 Å². The Morgan fingerprint density at radius 3 is 2.38 bits per heavy atom. The Labute approximate surface area is 192 Å². The lowest BCUT2D eigenvalue weighted by Gasteiger charge is -2.45. The predicted molar refractivity (Wildman–Crippen MR) is 128 cm³/mol. The van der Waals surface area contributed by atoms with Crippen molar-refractivity contribution in [3.8, 4) is 0 Å². The van der Waals surface area contributed by atoms with Crippen LogP contribution in [0.25, 0.3) is 10.9 Å². The van der Waals surface area contributed by atoms with Gasteiger partial charge in [-0.2, -0.15) is 3.97 Å². The van der Waals surface area contributed by atoms with Crippen molar-refractivity contribution in [2.24, 2.45) is 11.7 Å². The molecule has 2 N–H and O–H groups in total. The lowest BCUT2D eigenvalue weighted by molar-refractivity contribution is -0.132. The minimum Gasteiger partial charge on any atom is -0.593 e. The number of nitrogens with zero attached hydrogens (tertiary/aromatic N) is 1. The summed E-state index contributed by atoms with van der Waals surface area (Å²) in [5.74, 6) is 0.327. The van der Waals surface area contributed by atoms with Gasteiger partial charge in [0.15, 0.2) is 0 Å². The van der Waals surface area contributed by atoms with Crippen molar-refractivity contribution in [3.05, 3.63) is 71.9 Å². The molecule has 5 nitrogen and oxygen atoms in total. The van der Waals surface area contributed by atoms with Gasteiger partial charge in [0.1, 0.15) is 17.6 Å². The standard InChI is InChI=1S/C26H30N2O3S/c1-32(30)28-22-10-6-5-7-20(22)17-23(28)26(31-18-19-11-12-19)15-13-25(14-16-26,24(27)29)21-8-3-2-4-9-21/h2-10,17,19H,11-16,18H2,1H3,(H2,27,29)/t25-,26+,32?. The fraction of sp³-hybridized carbons (Fsp3) is 0.423. The van der Waals surface area contributed by atoms with Crippen LogP contribution in [0.4, 0.5) is 0 Å². The number of amides is 1. The highest BCUT2D eigenvalue weighted by Gasteiger charge is 2.51. The van der Waals surface area contributed by atoms with E-state index in [4.69, 9.17) is 10.5 Å². The van der Waals surface area contributed by atoms with E-state index in [2.05, 4.69) is 12.1 Å². The minimum atomic E-state index is -1.23. The summed E-state index contributed by atoms with van der Waals surface area (Å²) >= 11 is -1.23. The van der Waals surface area contributed by atoms with Crippen LogP contribution in [0.1, 0.15) is 49.8 Å². The number of aromatic nitrogens is 1. The Hall–Kier alpha value is -2.28. The molecule has 0 saturated heterocycles. The molecule has 2 aromatic carbocycles. The van der Waals surface area contributed by atoms with Crippen LogP contribution in [0, 0.1) is 5.92 Å². The van der Waals surface area contributed by atoms with E-state index >= 15 is 0 Å². The van der Waals surface area contributed by atoms with E-state index in [0.29, 0.717) is 38.2 Å². The van der Waals surface area contributed by atoms with Crippen LogP contribution in [-0.4, -0.2) is 27.3 Å². The molecule has 0 aliphatic heterocycles. The number of hydrogen-bond acceptors (Lipinski definition) is 3. The SMILES string of the molecule is C[S+]([O-])n1c2ccccc2cc1[C@]1(OCC2CC2)CC[C@](C(N)=O)(c2ccccc2)CC1. The van der Waals surface area contributed by atoms with Crippen molar-refractivity contribution in [1.82, 2.24) is 3.97 Å². The highest BCUT2D eigenvalue weighted by atomic mass is 32.2. The van der Waals surface area contributed by atoms with E-state index < -0.39 is 22.4 Å². The lowest BCUT2D eigenvalue weighted by atomic mass is 9.64. The maximum Gasteiger partial charge on any atom is 0.228 e. The topological polar surface area (TPSA) is 80.3 Å². The molecule has 3 aromatic rings. The molecule has 1 heterocycles. The average molecular weight is 451 g/mol. The second kappa shape index (κ2) is 8.25. The van der Waals surface area contributed by atoms with E-state index in [0.717, 1.165) is 22.2 Å². The number of primary amides is 1. The lowest BCUT2D eigenvalue weighted by Crippen LogP contribution is -2.49. The number of benzene rings is 2. The molecule has 2 fully saturated rings. The van der Waals surface area contributed by atoms with Crippen LogP contribution in [0.5, 0.6) is 0 Å². The summed E-state index contributed by atoms with van der Waals surface area (Å²) in [5, 5.41) is 1.06. The number of para-hydroxylation sites is 1. The molecule has 0 bridgehead atoms. The number of carbonyl (C=O) groups excluding carboxylic acids is 1. The smallest absolute Gasteiger partial charge is 0.228 e. The number of hydrogen-bond donors (Lipinski definition) is 1. The summed E-state index contributed by atoms with van der Waals surface area (Å²) in [6.45, 7) is 0.701. The molecular weight excluding hydrogens is 420 g/mol. The molecule has 32 heavy (non-hydrogen) atoms. The quantitative estimate of drug-likeness (QED) is 0.542. The first kappa shape index (κ1) is 21.6. The third kappa shape index (κ3) is 3.64. The molecule has 2 saturated carbocycles. The third-order valence-corrected chi connectivity index (χ3v) is 8.30. The number of rotatable bonds is 7. The molecule has 2 aliphatic rings. The van der Waals surface area contributed by atoms with Gasteiger partial charge in [0.25, 0.3) is 0 Å². The molecule has 0 spiro atoms. The van der Waals surface area contributed by atoms with Crippen molar-refractivity contribution in [3.63, 3.8) is 0 Å². The first-order valence-corrected chi connectivity index (χ1v) is 12.9. The fourth-order valence-corrected chi connectivity index (χ4v) is 6.21. The van der Waals surface area contributed by atoms with Crippen LogP contribution in [0.3, 0.4) is 0 Å². The predicted octanol–water partition coefficient (Wildman–Crippen LogP) is 4.40. The molecule has 5 rings (SSSR count). The number of ether oxygens (including phenoxy) is 1. The largest absolute Gasteiger partial charge is 0.593 e. The van der Waals surface area contributed by atoms with Crippen LogP contribution < -0.4 is 5.73 Å². The zero-order valence-corrected chi connectivity index (χ0v) is 19.3. The van der Waals surface area contributed by atoms with Crippen molar-refractivity contribution in [2.45, 2.75) is 49.5 Å². The van der Waals surface area contributed by atoms with Gasteiger partial charge in [-0.25, -0.2) is 0 Å². The summed E-state index contributed by atoms with van der Waals surface area (Å²) in [7, 11) is 0. The van der Waals surface area contributed by atoms with Crippen LogP contribution in [0.15, 0.2) is 60.7 Å². The Kier molecular flexibility index (Phi) is 5.56. The van der Waals surface area contributed by atoms with E-state index in [1.54, 1.807) is 6.26 Å². The normalized spacial score (nSPS) is 26.8. The summed E-state index contributed by atoms with van der Waals surface area (Å²) in [5.41, 5.74) is 7.60. The zero-order valence-electron chi connectivity index (χ0n) is 18.5. The number of fused-ring (bicyclic) bond motifs is 1. The molecule has 1 atom stereocenters. The Morgan fingerprint density at radius 1 is 1.09 bits per heavy atom. The van der Waals surface area contributed by atoms with Gasteiger partial charge in [0.05, 0.1) is 28.9 Å². The summed E-state index contributed by atoms with van der Waals surface area (Å²) in [6.07, 6.45) is 6.65. The Bertz CT molecular complexity index is 1110. The summed E-state index contributed by atoms with van der Waals surface area (Å²) in [4.78, 5) is 12.7. The van der Waals surface area contributed by atoms with Crippen molar-refractivity contribution in [1.29, 1.82) is 0 Å². The van der Waals surface area contributed by atoms with Gasteiger partial charge in [0, 0.05) is 5.39 Å². The molecular formula is C26H30N2O3S. The first-order chi connectivity index (χ1) is 15.5. The molecule has 6 heteroatoms. The van der Waals surface area contributed by atoms with E-state index in [-0.39, 0.29) is 5.91 Å². The maximum atomic E-state index is 12.9. The molecule has 168 valence electrons. The second-order valence-electron chi connectivity index (χ2n) is 9.37. The molecule has 1 aromatic heterocycles. The highest BCUT2D eigenvalue weighted by Crippen LogP contribution is 2.51. The molecule has 2 aliphatic carbocycles. The second-order valence-corrected chi connectivity index (χ2v) is 10.6. The number of carbonyl (C=O) groups is 1. The summed E-state index contributed by atoms with van der Waals surface area (Å²) in [6, 6.07) is 20.0. The fourth-order valence-electron chi connectivity index (χ4n) is 5.28. The highest BCUT2D eigenvalue weighted by molar-refractivity contribution is 7.89. The van der Waals surface area contributed by atoms with Crippen LogP contribution >= 0.6 is 0 Å². The Balaban J connectivity index is 1.57. The van der Waals surface area contributed by atoms with Gasteiger partial charge in [0.2, 0.25) is 5.91 Å². The van der Waals surface area contributed by atoms with Crippen molar-refractivity contribution in [2.75, 3.05) is 12.9 Å². The third-order valence-electron chi connectivity index (χ3n) is 7.39. The number of nitrogens with two attached hydrogens (primary N) is 1. The maximum absolute atomic E-state index is 12.9. The molecule has 1 unspecified atom stereocenters. The van der Waals surface area contributed by atoms with Gasteiger partial charge in [-0.05, 0) is 62.1 Å². The van der Waals surface area contributed by atoms with Gasteiger partial charge in [-0.1, -0.05) is 48.5 Å². The average Bonchev–Trinajstić information content (AvgIpc) is 3.55. The van der Waals surface area contributed by atoms with Gasteiger partial charge >= 0.3 is 0 Å². The Morgan fingerprint density at radius 2 is 1.75 bits per heavy atom. The van der Waals surface area contributed by atoms with Gasteiger partial charge in [-0.15, -0.1) is 0 Å². The minimum absolute atomic E-state index is 0.279. The molecule has 0 radical (unpaired) electrons. The van der Waals surface area contributed by atoms with Gasteiger partial charge in [-0.3, -0.25) is 4.79 Å². The summed E-state index contributed by atoms with van der Waals surface area (Å²) < 4.78 is 21.5. The molecule has 1 amide bonds. The van der Waals surface area contributed by atoms with Crippen LogP contribution in [0.2, 0.25) is 0 Å².